The zero-order valence-electron chi connectivity index (χ0n) is 31.6. The van der Waals surface area contributed by atoms with Gasteiger partial charge in [0, 0.05) is 0 Å². The van der Waals surface area contributed by atoms with Gasteiger partial charge >= 0.3 is 301 Å². The van der Waals surface area contributed by atoms with Crippen LogP contribution >= 0.6 is 0 Å². The molecule has 0 saturated heterocycles. The molecule has 6 rings (SSSR count). The average Bonchev–Trinajstić information content (AvgIpc) is 3.65. The fraction of sp³-hybridized carbons (Fsp3) is 0.383. The van der Waals surface area contributed by atoms with Gasteiger partial charge in [0.2, 0.25) is 0 Å². The van der Waals surface area contributed by atoms with Crippen LogP contribution in [0.25, 0.3) is 11.1 Å². The molecule has 2 aliphatic rings. The number of fused-ring (bicyclic) bond motifs is 3. The second-order valence-corrected chi connectivity index (χ2v) is 24.6. The summed E-state index contributed by atoms with van der Waals surface area (Å²) in [5.41, 5.74) is 14.9. The minimum atomic E-state index is -2.76. The van der Waals surface area contributed by atoms with E-state index in [9.17, 15) is 0 Å². The monoisotopic (exact) mass is 710 g/mol. The Balaban J connectivity index is 1.70. The van der Waals surface area contributed by atoms with Crippen molar-refractivity contribution in [1.82, 2.24) is 0 Å². The summed E-state index contributed by atoms with van der Waals surface area (Å²) in [6, 6.07) is 34.3. The van der Waals surface area contributed by atoms with Crippen LogP contribution < -0.4 is 0 Å². The van der Waals surface area contributed by atoms with Crippen molar-refractivity contribution >= 4 is 3.21 Å². The first kappa shape index (κ1) is 35.0. The maximum atomic E-state index is 2.54. The van der Waals surface area contributed by atoms with Gasteiger partial charge in [0.1, 0.15) is 0 Å². The first-order valence-electron chi connectivity index (χ1n) is 18.0. The third-order valence-corrected chi connectivity index (χ3v) is 18.8. The molecule has 0 heterocycles. The van der Waals surface area contributed by atoms with Gasteiger partial charge < -0.3 is 0 Å². The van der Waals surface area contributed by atoms with E-state index in [4.69, 9.17) is 0 Å². The van der Waals surface area contributed by atoms with Crippen molar-refractivity contribution in [2.45, 2.75) is 115 Å². The molecule has 248 valence electrons. The number of allylic oxidation sites excluding steroid dienone is 4. The molecule has 0 spiro atoms. The van der Waals surface area contributed by atoms with E-state index in [0.717, 1.165) is 6.42 Å². The quantitative estimate of drug-likeness (QED) is 0.198. The normalized spacial score (nSPS) is 15.0. The van der Waals surface area contributed by atoms with E-state index >= 15 is 0 Å². The van der Waals surface area contributed by atoms with Crippen molar-refractivity contribution in [3.8, 4) is 11.1 Å². The Hall–Kier alpha value is -2.89. The Bertz CT molecular complexity index is 1810. The molecule has 0 unspecified atom stereocenters. The zero-order chi connectivity index (χ0) is 34.8. The second kappa shape index (κ2) is 12.5. The Kier molecular flexibility index (Phi) is 9.08. The van der Waals surface area contributed by atoms with Crippen LogP contribution in [-0.4, -0.2) is 3.21 Å². The summed E-state index contributed by atoms with van der Waals surface area (Å²) in [6.07, 6.45) is 8.27. The molecule has 0 saturated carbocycles. The van der Waals surface area contributed by atoms with Crippen LogP contribution in [0.5, 0.6) is 0 Å². The molecule has 0 aliphatic heterocycles. The van der Waals surface area contributed by atoms with Crippen molar-refractivity contribution < 1.29 is 21.3 Å². The Labute approximate surface area is 299 Å². The fourth-order valence-electron chi connectivity index (χ4n) is 7.38. The third-order valence-electron chi connectivity index (χ3n) is 10.5. The van der Waals surface area contributed by atoms with Gasteiger partial charge in [-0.3, -0.25) is 0 Å². The molecule has 0 aromatic heterocycles. The molecule has 0 nitrogen and oxygen atoms in total. The summed E-state index contributed by atoms with van der Waals surface area (Å²) in [6.45, 7) is 28.0. The van der Waals surface area contributed by atoms with Crippen LogP contribution in [0.15, 0.2) is 106 Å². The number of hydrogen-bond acceptors (Lipinski definition) is 0. The molecule has 4 aromatic rings. The molecule has 0 bridgehead atoms. The Morgan fingerprint density at radius 2 is 0.875 bits per heavy atom. The van der Waals surface area contributed by atoms with E-state index in [-0.39, 0.29) is 21.7 Å². The molecule has 48 heavy (non-hydrogen) atoms. The predicted octanol–water partition coefficient (Wildman–Crippen LogP) is 12.7. The van der Waals surface area contributed by atoms with E-state index in [1.807, 2.05) is 0 Å². The molecule has 2 aliphatic carbocycles. The number of rotatable bonds is 4. The summed E-state index contributed by atoms with van der Waals surface area (Å²) in [5, 5.41) is 0. The van der Waals surface area contributed by atoms with Crippen LogP contribution in [0.1, 0.15) is 138 Å². The standard InChI is InChI=1S/C21H25.C21H26.C5H5.Zr/c1-20(2,3)16-9-7-14-11-15-8-10-17(21(4,5)6)13-19(15)18(14)12-16;1-20(2,3)18-11-7-16(8-12-18)15-17-9-13-19(14-10-17)21(4,5)6;1-2-4-5-3-1;/h7-13H,1-6H3;7-14H,1-6H3;1-3H,4H2;. The van der Waals surface area contributed by atoms with Crippen molar-refractivity contribution in [3.63, 3.8) is 0 Å². The van der Waals surface area contributed by atoms with Crippen molar-refractivity contribution in [3.05, 3.63) is 151 Å². The summed E-state index contributed by atoms with van der Waals surface area (Å²) >= 11 is -2.76. The summed E-state index contributed by atoms with van der Waals surface area (Å²) in [5.74, 6) is 0. The van der Waals surface area contributed by atoms with Gasteiger partial charge in [-0.1, -0.05) is 0 Å². The van der Waals surface area contributed by atoms with Gasteiger partial charge in [-0.2, -0.15) is 0 Å². The molecule has 0 atom stereocenters. The Morgan fingerprint density at radius 3 is 1.21 bits per heavy atom. The summed E-state index contributed by atoms with van der Waals surface area (Å²) < 4.78 is 3.72. The third kappa shape index (κ3) is 6.79. The summed E-state index contributed by atoms with van der Waals surface area (Å²) in [4.78, 5) is 0. The first-order chi connectivity index (χ1) is 22.3. The van der Waals surface area contributed by atoms with Crippen LogP contribution in [-0.2, 0) is 42.9 Å². The van der Waals surface area contributed by atoms with E-state index in [2.05, 4.69) is 186 Å². The fourth-order valence-corrected chi connectivity index (χ4v) is 16.4. The van der Waals surface area contributed by atoms with Gasteiger partial charge in [0.05, 0.1) is 0 Å². The minimum absolute atomic E-state index is 0.0925. The second-order valence-electron chi connectivity index (χ2n) is 18.3. The number of benzene rings is 4. The topological polar surface area (TPSA) is 0 Å². The van der Waals surface area contributed by atoms with E-state index in [0.29, 0.717) is 3.63 Å². The van der Waals surface area contributed by atoms with Crippen LogP contribution in [0.3, 0.4) is 0 Å². The van der Waals surface area contributed by atoms with Gasteiger partial charge in [-0.25, -0.2) is 0 Å². The van der Waals surface area contributed by atoms with Crippen LogP contribution in [0.2, 0.25) is 0 Å². The number of hydrogen-bond donors (Lipinski definition) is 0. The SMILES string of the molecule is CC(C)(C)c1ccc([C](c2ccc(C(C)(C)C)cc2)=[Zr]([C]2=CC=CC2)[CH]2c3ccc(C(C)(C)C)cc3-c3cc(C(C)(C)C)ccc32)cc1. The molecular formula is C47H56Zr. The molecule has 0 N–H and O–H groups in total. The summed E-state index contributed by atoms with van der Waals surface area (Å²) in [7, 11) is 0. The van der Waals surface area contributed by atoms with Crippen molar-refractivity contribution in [2.75, 3.05) is 0 Å². The zero-order valence-corrected chi connectivity index (χ0v) is 34.1. The van der Waals surface area contributed by atoms with E-state index in [1.165, 1.54) is 44.5 Å². The Morgan fingerprint density at radius 1 is 0.500 bits per heavy atom. The van der Waals surface area contributed by atoms with Crippen molar-refractivity contribution in [2.24, 2.45) is 0 Å². The maximum absolute atomic E-state index is 2.76. The average molecular weight is 712 g/mol. The van der Waals surface area contributed by atoms with Gasteiger partial charge in [0.25, 0.3) is 0 Å². The first-order valence-corrected chi connectivity index (χ1v) is 21.8. The molecule has 1 heteroatoms. The van der Waals surface area contributed by atoms with Crippen molar-refractivity contribution in [1.29, 1.82) is 0 Å². The van der Waals surface area contributed by atoms with Crippen LogP contribution in [0, 0.1) is 0 Å². The van der Waals surface area contributed by atoms with Gasteiger partial charge in [-0.15, -0.1) is 0 Å². The molecule has 0 amide bonds. The molecule has 0 fully saturated rings. The van der Waals surface area contributed by atoms with Gasteiger partial charge in [0.15, 0.2) is 0 Å². The van der Waals surface area contributed by atoms with Gasteiger partial charge in [-0.05, 0) is 0 Å². The van der Waals surface area contributed by atoms with E-state index < -0.39 is 21.3 Å². The predicted molar refractivity (Wildman–Crippen MR) is 206 cm³/mol. The van der Waals surface area contributed by atoms with E-state index in [1.54, 1.807) is 17.6 Å². The molecule has 4 aromatic carbocycles. The van der Waals surface area contributed by atoms with Crippen LogP contribution in [0.4, 0.5) is 0 Å². The molecular weight excluding hydrogens is 656 g/mol. The molecule has 0 radical (unpaired) electrons.